The molecule has 1 saturated heterocycles. The first-order valence-electron chi connectivity index (χ1n) is 9.47. The number of ether oxygens (including phenoxy) is 1. The number of nitrogens with zero attached hydrogens (tertiary/aromatic N) is 1. The molecule has 0 saturated carbocycles. The molecule has 3 aromatic rings. The largest absolute Gasteiger partial charge is 0.451 e. The van der Waals surface area contributed by atoms with Crippen molar-refractivity contribution in [2.75, 3.05) is 32.8 Å². The molecular formula is C22H23FN2O3. The lowest BCUT2D eigenvalue weighted by Gasteiger charge is -2.34. The lowest BCUT2D eigenvalue weighted by atomic mass is 10.0. The quantitative estimate of drug-likeness (QED) is 0.731. The van der Waals surface area contributed by atoms with Crippen molar-refractivity contribution >= 4 is 16.9 Å². The van der Waals surface area contributed by atoms with E-state index in [4.69, 9.17) is 9.15 Å². The molecule has 2 aromatic carbocycles. The fraction of sp³-hybridized carbons (Fsp3) is 0.318. The summed E-state index contributed by atoms with van der Waals surface area (Å²) in [6.45, 7) is 5.12. The van der Waals surface area contributed by atoms with Gasteiger partial charge in [0.2, 0.25) is 0 Å². The number of morpholine rings is 1. The van der Waals surface area contributed by atoms with E-state index in [1.54, 1.807) is 12.1 Å². The number of rotatable bonds is 5. The topological polar surface area (TPSA) is 54.7 Å². The maximum Gasteiger partial charge on any atom is 0.287 e. The van der Waals surface area contributed by atoms with Gasteiger partial charge in [-0.3, -0.25) is 9.69 Å². The van der Waals surface area contributed by atoms with Crippen LogP contribution in [0.25, 0.3) is 11.0 Å². The molecule has 6 heteroatoms. The zero-order chi connectivity index (χ0) is 19.5. The smallest absolute Gasteiger partial charge is 0.287 e. The Kier molecular flexibility index (Phi) is 5.41. The van der Waals surface area contributed by atoms with Crippen molar-refractivity contribution in [2.24, 2.45) is 0 Å². The molecule has 1 aliphatic rings. The summed E-state index contributed by atoms with van der Waals surface area (Å²) in [5, 5.41) is 3.94. The van der Waals surface area contributed by atoms with E-state index in [-0.39, 0.29) is 17.8 Å². The molecule has 28 heavy (non-hydrogen) atoms. The molecule has 5 nitrogen and oxygen atoms in total. The first kappa shape index (κ1) is 18.7. The van der Waals surface area contributed by atoms with Crippen molar-refractivity contribution in [3.05, 3.63) is 71.2 Å². The molecule has 1 atom stereocenters. The van der Waals surface area contributed by atoms with Crippen LogP contribution in [0, 0.1) is 12.7 Å². The second-order valence-electron chi connectivity index (χ2n) is 6.98. The number of hydrogen-bond donors (Lipinski definition) is 1. The van der Waals surface area contributed by atoms with Crippen LogP contribution in [0.2, 0.25) is 0 Å². The molecule has 146 valence electrons. The molecule has 0 radical (unpaired) electrons. The van der Waals surface area contributed by atoms with Crippen molar-refractivity contribution in [2.45, 2.75) is 13.0 Å². The highest BCUT2D eigenvalue weighted by atomic mass is 19.1. The van der Waals surface area contributed by atoms with Gasteiger partial charge in [-0.25, -0.2) is 4.39 Å². The second-order valence-corrected chi connectivity index (χ2v) is 6.98. The fourth-order valence-corrected chi connectivity index (χ4v) is 3.69. The van der Waals surface area contributed by atoms with Gasteiger partial charge in [-0.2, -0.15) is 0 Å². The minimum absolute atomic E-state index is 0.0573. The minimum atomic E-state index is -0.272. The highest BCUT2D eigenvalue weighted by molar-refractivity contribution is 5.98. The SMILES string of the molecule is Cc1c(C(=O)NCC(c2ccc(F)cc2)N2CCOCC2)oc2ccccc12. The predicted molar refractivity (Wildman–Crippen MR) is 105 cm³/mol. The van der Waals surface area contributed by atoms with Gasteiger partial charge in [-0.1, -0.05) is 30.3 Å². The van der Waals surface area contributed by atoms with Crippen molar-refractivity contribution in [1.29, 1.82) is 0 Å². The predicted octanol–water partition coefficient (Wildman–Crippen LogP) is 3.68. The zero-order valence-corrected chi connectivity index (χ0v) is 15.8. The summed E-state index contributed by atoms with van der Waals surface area (Å²) in [6, 6.07) is 14.0. The van der Waals surface area contributed by atoms with E-state index in [0.29, 0.717) is 31.1 Å². The van der Waals surface area contributed by atoms with Crippen LogP contribution >= 0.6 is 0 Å². The van der Waals surface area contributed by atoms with Crippen LogP contribution in [-0.4, -0.2) is 43.7 Å². The summed E-state index contributed by atoms with van der Waals surface area (Å²) < 4.78 is 24.6. The van der Waals surface area contributed by atoms with E-state index < -0.39 is 0 Å². The average Bonchev–Trinajstić information content (AvgIpc) is 3.07. The summed E-state index contributed by atoms with van der Waals surface area (Å²) >= 11 is 0. The zero-order valence-electron chi connectivity index (χ0n) is 15.8. The molecule has 0 bridgehead atoms. The van der Waals surface area contributed by atoms with Crippen molar-refractivity contribution in [3.63, 3.8) is 0 Å². The molecule has 0 spiro atoms. The monoisotopic (exact) mass is 382 g/mol. The molecule has 2 heterocycles. The number of aryl methyl sites for hydroxylation is 1. The fourth-order valence-electron chi connectivity index (χ4n) is 3.69. The molecule has 1 unspecified atom stereocenters. The molecular weight excluding hydrogens is 359 g/mol. The number of hydrogen-bond acceptors (Lipinski definition) is 4. The normalized spacial score (nSPS) is 16.2. The molecule has 1 amide bonds. The Morgan fingerprint density at radius 2 is 1.86 bits per heavy atom. The molecule has 1 aromatic heterocycles. The Morgan fingerprint density at radius 1 is 1.14 bits per heavy atom. The standard InChI is InChI=1S/C22H23FN2O3/c1-15-18-4-2-3-5-20(18)28-21(15)22(26)24-14-19(25-10-12-27-13-11-25)16-6-8-17(23)9-7-16/h2-9,19H,10-14H2,1H3,(H,24,26). The number of para-hydroxylation sites is 1. The number of amides is 1. The number of fused-ring (bicyclic) bond motifs is 1. The van der Waals surface area contributed by atoms with Crippen LogP contribution in [0.4, 0.5) is 4.39 Å². The van der Waals surface area contributed by atoms with Gasteiger partial charge in [0.25, 0.3) is 5.91 Å². The van der Waals surface area contributed by atoms with Crippen LogP contribution in [0.5, 0.6) is 0 Å². The Labute approximate surface area is 163 Å². The van der Waals surface area contributed by atoms with Crippen LogP contribution in [0.3, 0.4) is 0 Å². The van der Waals surface area contributed by atoms with E-state index in [2.05, 4.69) is 10.2 Å². The number of benzene rings is 2. The van der Waals surface area contributed by atoms with E-state index in [1.807, 2.05) is 31.2 Å². The third kappa shape index (κ3) is 3.79. The number of halogens is 1. The minimum Gasteiger partial charge on any atom is -0.451 e. The molecule has 1 N–H and O–H groups in total. The van der Waals surface area contributed by atoms with Gasteiger partial charge in [0.05, 0.1) is 19.3 Å². The highest BCUT2D eigenvalue weighted by Gasteiger charge is 2.25. The number of furan rings is 1. The molecule has 4 rings (SSSR count). The van der Waals surface area contributed by atoms with Gasteiger partial charge in [0.1, 0.15) is 11.4 Å². The van der Waals surface area contributed by atoms with Crippen molar-refractivity contribution < 1.29 is 18.3 Å². The first-order valence-corrected chi connectivity index (χ1v) is 9.47. The van der Waals surface area contributed by atoms with E-state index in [0.717, 1.165) is 29.6 Å². The summed E-state index contributed by atoms with van der Waals surface area (Å²) in [4.78, 5) is 15.1. The lowest BCUT2D eigenvalue weighted by molar-refractivity contribution is 0.0161. The number of carbonyl (C=O) groups is 1. The summed E-state index contributed by atoms with van der Waals surface area (Å²) in [5.41, 5.74) is 2.50. The van der Waals surface area contributed by atoms with Crippen molar-refractivity contribution in [3.8, 4) is 0 Å². The Balaban J connectivity index is 1.53. The van der Waals surface area contributed by atoms with Crippen LogP contribution in [-0.2, 0) is 4.74 Å². The third-order valence-electron chi connectivity index (χ3n) is 5.25. The van der Waals surface area contributed by atoms with Crippen LogP contribution in [0.15, 0.2) is 52.9 Å². The highest BCUT2D eigenvalue weighted by Crippen LogP contribution is 2.26. The summed E-state index contributed by atoms with van der Waals surface area (Å²) in [7, 11) is 0. The van der Waals surface area contributed by atoms with Crippen LogP contribution < -0.4 is 5.32 Å². The lowest BCUT2D eigenvalue weighted by Crippen LogP contribution is -2.43. The Morgan fingerprint density at radius 3 is 2.57 bits per heavy atom. The number of nitrogens with one attached hydrogen (secondary N) is 1. The van der Waals surface area contributed by atoms with Crippen molar-refractivity contribution in [1.82, 2.24) is 10.2 Å². The second kappa shape index (κ2) is 8.12. The van der Waals surface area contributed by atoms with Gasteiger partial charge in [-0.05, 0) is 30.7 Å². The Bertz CT molecular complexity index is 962. The first-order chi connectivity index (χ1) is 13.6. The van der Waals surface area contributed by atoms with E-state index in [9.17, 15) is 9.18 Å². The Hall–Kier alpha value is -2.70. The summed E-state index contributed by atoms with van der Waals surface area (Å²) in [6.07, 6.45) is 0. The molecule has 1 fully saturated rings. The van der Waals surface area contributed by atoms with Gasteiger partial charge >= 0.3 is 0 Å². The van der Waals surface area contributed by atoms with Gasteiger partial charge in [-0.15, -0.1) is 0 Å². The number of carbonyl (C=O) groups excluding carboxylic acids is 1. The maximum absolute atomic E-state index is 13.4. The van der Waals surface area contributed by atoms with E-state index >= 15 is 0 Å². The summed E-state index contributed by atoms with van der Waals surface area (Å²) in [5.74, 6) is -0.179. The van der Waals surface area contributed by atoms with Gasteiger partial charge in [0, 0.05) is 30.6 Å². The van der Waals surface area contributed by atoms with E-state index in [1.165, 1.54) is 12.1 Å². The average molecular weight is 382 g/mol. The van der Waals surface area contributed by atoms with Gasteiger partial charge < -0.3 is 14.5 Å². The molecule has 0 aliphatic carbocycles. The molecule has 1 aliphatic heterocycles. The van der Waals surface area contributed by atoms with Crippen LogP contribution in [0.1, 0.15) is 27.7 Å². The van der Waals surface area contributed by atoms with Gasteiger partial charge in [0.15, 0.2) is 5.76 Å². The third-order valence-corrected chi connectivity index (χ3v) is 5.25. The maximum atomic E-state index is 13.4.